The van der Waals surface area contributed by atoms with E-state index in [4.69, 9.17) is 9.84 Å². The number of rotatable bonds is 4. The average molecular weight is 306 g/mol. The quantitative estimate of drug-likeness (QED) is 0.804. The number of amides is 1. The van der Waals surface area contributed by atoms with Crippen molar-refractivity contribution in [3.8, 4) is 5.75 Å². The molecule has 0 unspecified atom stereocenters. The Hall–Kier alpha value is -2.57. The van der Waals surface area contributed by atoms with Crippen LogP contribution in [0.3, 0.4) is 0 Å². The zero-order valence-electron chi connectivity index (χ0n) is 11.9. The van der Waals surface area contributed by atoms with Crippen molar-refractivity contribution in [3.05, 3.63) is 29.7 Å². The Balaban J connectivity index is 1.78. The van der Waals surface area contributed by atoms with Crippen LogP contribution in [0.15, 0.2) is 18.2 Å². The van der Waals surface area contributed by atoms with Crippen molar-refractivity contribution in [1.29, 1.82) is 0 Å². The van der Waals surface area contributed by atoms with Gasteiger partial charge in [-0.25, -0.2) is 4.39 Å². The molecule has 22 heavy (non-hydrogen) atoms. The molecule has 7 heteroatoms. The highest BCUT2D eigenvalue weighted by atomic mass is 19.1. The number of hydrogen-bond acceptors (Lipinski definition) is 3. The van der Waals surface area contributed by atoms with Gasteiger partial charge in [-0.3, -0.25) is 9.59 Å². The Bertz CT molecular complexity index is 749. The summed E-state index contributed by atoms with van der Waals surface area (Å²) in [6, 6.07) is 4.13. The number of carbonyl (C=O) groups excluding carboxylic acids is 1. The number of methoxy groups -OCH3 is 1. The molecule has 2 aromatic rings. The minimum Gasteiger partial charge on any atom is -0.496 e. The molecule has 1 amide bonds. The van der Waals surface area contributed by atoms with Crippen molar-refractivity contribution < 1.29 is 23.8 Å². The summed E-state index contributed by atoms with van der Waals surface area (Å²) in [6.45, 7) is 0. The number of carboxylic acids is 1. The summed E-state index contributed by atoms with van der Waals surface area (Å²) >= 11 is 0. The third-order valence-electron chi connectivity index (χ3n) is 3.99. The summed E-state index contributed by atoms with van der Waals surface area (Å²) in [5.41, 5.74) is 0.429. The van der Waals surface area contributed by atoms with Gasteiger partial charge >= 0.3 is 5.97 Å². The number of fused-ring (bicyclic) bond motifs is 1. The van der Waals surface area contributed by atoms with Gasteiger partial charge in [0.15, 0.2) is 0 Å². The minimum absolute atomic E-state index is 0.160. The zero-order chi connectivity index (χ0) is 15.9. The van der Waals surface area contributed by atoms with Crippen LogP contribution in [-0.2, 0) is 4.79 Å². The van der Waals surface area contributed by atoms with E-state index in [2.05, 4.69) is 10.3 Å². The van der Waals surface area contributed by atoms with E-state index in [1.54, 1.807) is 0 Å². The molecule has 6 nitrogen and oxygen atoms in total. The highest BCUT2D eigenvalue weighted by Crippen LogP contribution is 2.30. The van der Waals surface area contributed by atoms with Gasteiger partial charge in [-0.1, -0.05) is 0 Å². The molecule has 1 saturated carbocycles. The third kappa shape index (κ3) is 2.38. The van der Waals surface area contributed by atoms with Crippen LogP contribution in [0, 0.1) is 11.7 Å². The number of nitrogens with one attached hydrogen (secondary N) is 2. The maximum atomic E-state index is 13.8. The van der Waals surface area contributed by atoms with E-state index in [9.17, 15) is 14.0 Å². The monoisotopic (exact) mass is 306 g/mol. The molecule has 116 valence electrons. The lowest BCUT2D eigenvalue weighted by Gasteiger charge is -2.32. The number of benzene rings is 1. The summed E-state index contributed by atoms with van der Waals surface area (Å²) < 4.78 is 18.9. The minimum atomic E-state index is -0.845. The summed E-state index contributed by atoms with van der Waals surface area (Å²) in [7, 11) is 1.47. The second-order valence-corrected chi connectivity index (χ2v) is 5.40. The molecule has 1 aliphatic carbocycles. The SMILES string of the molecule is COc1ccc(F)c2[nH]c(C(=O)NC3CC(C(=O)O)C3)cc12. The van der Waals surface area contributed by atoms with Crippen LogP contribution in [0.5, 0.6) is 5.75 Å². The molecule has 1 aliphatic rings. The maximum absolute atomic E-state index is 13.8. The van der Waals surface area contributed by atoms with Crippen LogP contribution >= 0.6 is 0 Å². The fraction of sp³-hybridized carbons (Fsp3) is 0.333. The van der Waals surface area contributed by atoms with Crippen LogP contribution in [0.4, 0.5) is 4.39 Å². The normalized spacial score (nSPS) is 20.5. The van der Waals surface area contributed by atoms with E-state index in [1.165, 1.54) is 25.3 Å². The van der Waals surface area contributed by atoms with Gasteiger partial charge in [0.2, 0.25) is 0 Å². The fourth-order valence-electron chi connectivity index (χ4n) is 2.66. The van der Waals surface area contributed by atoms with Crippen molar-refractivity contribution in [2.24, 2.45) is 5.92 Å². The summed E-state index contributed by atoms with van der Waals surface area (Å²) in [5.74, 6) is -1.62. The maximum Gasteiger partial charge on any atom is 0.306 e. The number of H-pyrrole nitrogens is 1. The standard InChI is InChI=1S/C15H15FN2O4/c1-22-12-3-2-10(16)13-9(12)6-11(18-13)14(19)17-8-4-7(5-8)15(20)21/h2-3,6-8,18H,4-5H2,1H3,(H,17,19)(H,20,21). The molecule has 1 aromatic heterocycles. The van der Waals surface area contributed by atoms with Crippen molar-refractivity contribution >= 4 is 22.8 Å². The molecule has 0 spiro atoms. The highest BCUT2D eigenvalue weighted by molar-refractivity contribution is 6.00. The first-order valence-corrected chi connectivity index (χ1v) is 6.88. The van der Waals surface area contributed by atoms with E-state index < -0.39 is 17.7 Å². The molecule has 0 atom stereocenters. The average Bonchev–Trinajstić information content (AvgIpc) is 2.88. The van der Waals surface area contributed by atoms with Gasteiger partial charge in [0.05, 0.1) is 18.5 Å². The second kappa shape index (κ2) is 5.32. The topological polar surface area (TPSA) is 91.4 Å². The molecule has 3 rings (SSSR count). The first-order valence-electron chi connectivity index (χ1n) is 6.88. The summed E-state index contributed by atoms with van der Waals surface area (Å²) in [6.07, 6.45) is 0.831. The third-order valence-corrected chi connectivity index (χ3v) is 3.99. The van der Waals surface area contributed by atoms with Crippen molar-refractivity contribution in [1.82, 2.24) is 10.3 Å². The number of halogens is 1. The predicted octanol–water partition coefficient (Wildman–Crippen LogP) is 1.91. The summed E-state index contributed by atoms with van der Waals surface area (Å²) in [5, 5.41) is 12.0. The molecule has 0 bridgehead atoms. The zero-order valence-corrected chi connectivity index (χ0v) is 11.9. The summed E-state index contributed by atoms with van der Waals surface area (Å²) in [4.78, 5) is 25.6. The fourth-order valence-corrected chi connectivity index (χ4v) is 2.66. The number of aromatic nitrogens is 1. The second-order valence-electron chi connectivity index (χ2n) is 5.40. The smallest absolute Gasteiger partial charge is 0.306 e. The molecular weight excluding hydrogens is 291 g/mol. The lowest BCUT2D eigenvalue weighted by molar-refractivity contribution is -0.145. The van der Waals surface area contributed by atoms with Crippen LogP contribution in [0.2, 0.25) is 0 Å². The molecule has 1 aromatic carbocycles. The Labute approximate surface area is 125 Å². The van der Waals surface area contributed by atoms with E-state index in [1.807, 2.05) is 0 Å². The molecule has 1 fully saturated rings. The molecule has 0 radical (unpaired) electrons. The van der Waals surface area contributed by atoms with Gasteiger partial charge < -0.3 is 20.1 Å². The van der Waals surface area contributed by atoms with Gasteiger partial charge in [0.1, 0.15) is 17.3 Å². The Morgan fingerprint density at radius 1 is 1.41 bits per heavy atom. The van der Waals surface area contributed by atoms with Gasteiger partial charge in [-0.2, -0.15) is 0 Å². The first kappa shape index (κ1) is 14.4. The van der Waals surface area contributed by atoms with Gasteiger partial charge in [-0.15, -0.1) is 0 Å². The highest BCUT2D eigenvalue weighted by Gasteiger charge is 2.35. The van der Waals surface area contributed by atoms with Crippen molar-refractivity contribution in [3.63, 3.8) is 0 Å². The lowest BCUT2D eigenvalue weighted by Crippen LogP contribution is -2.46. The van der Waals surface area contributed by atoms with Crippen LogP contribution in [0.1, 0.15) is 23.3 Å². The van der Waals surface area contributed by atoms with Gasteiger partial charge in [0, 0.05) is 11.4 Å². The molecule has 0 saturated heterocycles. The molecule has 0 aliphatic heterocycles. The number of aliphatic carboxylic acids is 1. The predicted molar refractivity (Wildman–Crippen MR) is 76.4 cm³/mol. The largest absolute Gasteiger partial charge is 0.496 e. The van der Waals surface area contributed by atoms with Crippen molar-refractivity contribution in [2.75, 3.05) is 7.11 Å². The van der Waals surface area contributed by atoms with Gasteiger partial charge in [-0.05, 0) is 31.0 Å². The molecule has 1 heterocycles. The number of carboxylic acid groups (broad SMARTS) is 1. The van der Waals surface area contributed by atoms with Crippen molar-refractivity contribution in [2.45, 2.75) is 18.9 Å². The molecule has 3 N–H and O–H groups in total. The Morgan fingerprint density at radius 3 is 2.77 bits per heavy atom. The number of hydrogen-bond donors (Lipinski definition) is 3. The number of aromatic amines is 1. The Morgan fingerprint density at radius 2 is 2.14 bits per heavy atom. The number of ether oxygens (including phenoxy) is 1. The van der Waals surface area contributed by atoms with Crippen LogP contribution < -0.4 is 10.1 Å². The van der Waals surface area contributed by atoms with E-state index in [0.29, 0.717) is 24.0 Å². The molecular formula is C15H15FN2O4. The van der Waals surface area contributed by atoms with Crippen LogP contribution in [-0.4, -0.2) is 35.1 Å². The Kier molecular flexibility index (Phi) is 3.48. The van der Waals surface area contributed by atoms with E-state index in [0.717, 1.165) is 0 Å². The van der Waals surface area contributed by atoms with Crippen LogP contribution in [0.25, 0.3) is 10.9 Å². The lowest BCUT2D eigenvalue weighted by atomic mass is 9.80. The van der Waals surface area contributed by atoms with E-state index >= 15 is 0 Å². The number of carbonyl (C=O) groups is 2. The van der Waals surface area contributed by atoms with E-state index in [-0.39, 0.29) is 23.2 Å². The van der Waals surface area contributed by atoms with Gasteiger partial charge in [0.25, 0.3) is 5.91 Å². The first-order chi connectivity index (χ1) is 10.5.